The van der Waals surface area contributed by atoms with Gasteiger partial charge in [-0.3, -0.25) is 10.2 Å². The smallest absolute Gasteiger partial charge is 0.287 e. The summed E-state index contributed by atoms with van der Waals surface area (Å²) in [6, 6.07) is 3.65. The second kappa shape index (κ2) is 6.34. The van der Waals surface area contributed by atoms with Crippen molar-refractivity contribution in [3.63, 3.8) is 0 Å². The number of nitrogen functional groups attached to an aromatic ring is 1. The summed E-state index contributed by atoms with van der Waals surface area (Å²) in [7, 11) is 0. The standard InChI is InChI=1S/C13H14Cl2N4O2/c1-7-3-9(4-8(2)11(7)15)21-6-19-5-10(14)12(18-19)13(20)17-16/h3-5H,6,16H2,1-2H3,(H,17,20). The minimum absolute atomic E-state index is 0.0474. The lowest BCUT2D eigenvalue weighted by Crippen LogP contribution is -2.30. The summed E-state index contributed by atoms with van der Waals surface area (Å²) in [5, 5.41) is 4.91. The van der Waals surface area contributed by atoms with Crippen LogP contribution in [0.2, 0.25) is 10.0 Å². The van der Waals surface area contributed by atoms with Gasteiger partial charge >= 0.3 is 0 Å². The van der Waals surface area contributed by atoms with Crippen molar-refractivity contribution in [3.05, 3.63) is 45.2 Å². The minimum atomic E-state index is -0.558. The Balaban J connectivity index is 2.12. The SMILES string of the molecule is Cc1cc(OCn2cc(Cl)c(C(=O)NN)n2)cc(C)c1Cl. The molecule has 0 fully saturated rings. The number of carbonyl (C=O) groups is 1. The van der Waals surface area contributed by atoms with Gasteiger partial charge in [-0.1, -0.05) is 23.2 Å². The molecule has 112 valence electrons. The number of aromatic nitrogens is 2. The van der Waals surface area contributed by atoms with E-state index in [-0.39, 0.29) is 17.4 Å². The normalized spacial score (nSPS) is 10.5. The third kappa shape index (κ3) is 3.47. The van der Waals surface area contributed by atoms with Gasteiger partial charge in [0.25, 0.3) is 5.91 Å². The number of aryl methyl sites for hydroxylation is 2. The van der Waals surface area contributed by atoms with E-state index in [9.17, 15) is 4.79 Å². The number of nitrogens with zero attached hydrogens (tertiary/aromatic N) is 2. The van der Waals surface area contributed by atoms with E-state index in [2.05, 4.69) is 5.10 Å². The van der Waals surface area contributed by atoms with E-state index in [1.165, 1.54) is 10.9 Å². The highest BCUT2D eigenvalue weighted by Crippen LogP contribution is 2.26. The predicted molar refractivity (Wildman–Crippen MR) is 80.4 cm³/mol. The number of hydrazine groups is 1. The number of nitrogens with two attached hydrogens (primary N) is 1. The average molecular weight is 329 g/mol. The molecule has 0 saturated heterocycles. The van der Waals surface area contributed by atoms with Crippen LogP contribution in [0.25, 0.3) is 0 Å². The van der Waals surface area contributed by atoms with Gasteiger partial charge in [-0.25, -0.2) is 10.5 Å². The van der Waals surface area contributed by atoms with E-state index >= 15 is 0 Å². The molecule has 1 aromatic heterocycles. The van der Waals surface area contributed by atoms with Crippen molar-refractivity contribution in [2.75, 3.05) is 0 Å². The monoisotopic (exact) mass is 328 g/mol. The maximum Gasteiger partial charge on any atom is 0.287 e. The van der Waals surface area contributed by atoms with Crippen LogP contribution in [0, 0.1) is 13.8 Å². The fourth-order valence-corrected chi connectivity index (χ4v) is 2.16. The molecule has 0 aliphatic carbocycles. The fourth-order valence-electron chi connectivity index (χ4n) is 1.82. The molecule has 0 radical (unpaired) electrons. The molecule has 0 saturated carbocycles. The maximum atomic E-state index is 11.4. The lowest BCUT2D eigenvalue weighted by atomic mass is 10.1. The number of hydrogen-bond acceptors (Lipinski definition) is 4. The minimum Gasteiger partial charge on any atom is -0.471 e. The Bertz CT molecular complexity index is 662. The zero-order chi connectivity index (χ0) is 15.6. The zero-order valence-electron chi connectivity index (χ0n) is 11.5. The third-order valence-corrected chi connectivity index (χ3v) is 3.71. The van der Waals surface area contributed by atoms with Crippen molar-refractivity contribution in [1.29, 1.82) is 0 Å². The number of hydrogen-bond donors (Lipinski definition) is 2. The summed E-state index contributed by atoms with van der Waals surface area (Å²) < 4.78 is 7.02. The van der Waals surface area contributed by atoms with Crippen LogP contribution in [0.1, 0.15) is 21.6 Å². The van der Waals surface area contributed by atoms with Crippen LogP contribution in [0.15, 0.2) is 18.3 Å². The lowest BCUT2D eigenvalue weighted by Gasteiger charge is -2.09. The first-order valence-electron chi connectivity index (χ1n) is 6.05. The largest absolute Gasteiger partial charge is 0.471 e. The van der Waals surface area contributed by atoms with Crippen molar-refractivity contribution in [2.24, 2.45) is 5.84 Å². The number of halogens is 2. The van der Waals surface area contributed by atoms with Crippen molar-refractivity contribution in [3.8, 4) is 5.75 Å². The zero-order valence-corrected chi connectivity index (χ0v) is 13.0. The number of rotatable bonds is 4. The van der Waals surface area contributed by atoms with Gasteiger partial charge in [-0.2, -0.15) is 5.10 Å². The molecule has 2 rings (SSSR count). The molecule has 6 nitrogen and oxygen atoms in total. The molecule has 1 heterocycles. The van der Waals surface area contributed by atoms with Gasteiger partial charge in [0.1, 0.15) is 5.75 Å². The van der Waals surface area contributed by atoms with Crippen molar-refractivity contribution in [1.82, 2.24) is 15.2 Å². The maximum absolute atomic E-state index is 11.4. The molecule has 8 heteroatoms. The van der Waals surface area contributed by atoms with Crippen LogP contribution in [-0.2, 0) is 6.73 Å². The Hall–Kier alpha value is -1.76. The first kappa shape index (κ1) is 15.6. The average Bonchev–Trinajstić information content (AvgIpc) is 2.82. The van der Waals surface area contributed by atoms with Gasteiger partial charge in [0.15, 0.2) is 12.4 Å². The fraction of sp³-hybridized carbons (Fsp3) is 0.231. The molecule has 2 aromatic rings. The van der Waals surface area contributed by atoms with Gasteiger partial charge < -0.3 is 4.74 Å². The first-order valence-corrected chi connectivity index (χ1v) is 6.81. The van der Waals surface area contributed by atoms with E-state index < -0.39 is 5.91 Å². The Kier molecular flexibility index (Phi) is 4.72. The lowest BCUT2D eigenvalue weighted by molar-refractivity contribution is 0.0946. The summed E-state index contributed by atoms with van der Waals surface area (Å²) in [6.07, 6.45) is 1.49. The van der Waals surface area contributed by atoms with E-state index in [0.29, 0.717) is 10.8 Å². The molecule has 1 aromatic carbocycles. The Morgan fingerprint density at radius 2 is 2.00 bits per heavy atom. The number of benzene rings is 1. The summed E-state index contributed by atoms with van der Waals surface area (Å²) in [6.45, 7) is 3.91. The number of amides is 1. The van der Waals surface area contributed by atoms with Crippen LogP contribution in [-0.4, -0.2) is 15.7 Å². The quantitative estimate of drug-likeness (QED) is 0.513. The van der Waals surface area contributed by atoms with Crippen molar-refractivity contribution in [2.45, 2.75) is 20.6 Å². The van der Waals surface area contributed by atoms with Crippen LogP contribution < -0.4 is 16.0 Å². The van der Waals surface area contributed by atoms with Gasteiger partial charge in [-0.15, -0.1) is 0 Å². The molecule has 0 unspecified atom stereocenters. The molecule has 0 aliphatic rings. The second-order valence-corrected chi connectivity index (χ2v) is 5.27. The summed E-state index contributed by atoms with van der Waals surface area (Å²) in [4.78, 5) is 11.4. The third-order valence-electron chi connectivity index (χ3n) is 2.84. The summed E-state index contributed by atoms with van der Waals surface area (Å²) >= 11 is 12.0. The van der Waals surface area contributed by atoms with E-state index in [1.54, 1.807) is 0 Å². The van der Waals surface area contributed by atoms with Crippen molar-refractivity contribution < 1.29 is 9.53 Å². The molecule has 0 aliphatic heterocycles. The van der Waals surface area contributed by atoms with Gasteiger partial charge in [0.2, 0.25) is 0 Å². The second-order valence-electron chi connectivity index (χ2n) is 4.48. The van der Waals surface area contributed by atoms with E-state index in [0.717, 1.165) is 11.1 Å². The van der Waals surface area contributed by atoms with E-state index in [1.807, 2.05) is 31.4 Å². The van der Waals surface area contributed by atoms with Crippen LogP contribution in [0.3, 0.4) is 0 Å². The van der Waals surface area contributed by atoms with Gasteiger partial charge in [0.05, 0.1) is 5.02 Å². The summed E-state index contributed by atoms with van der Waals surface area (Å²) in [5.41, 5.74) is 3.87. The molecular formula is C13H14Cl2N4O2. The molecule has 3 N–H and O–H groups in total. The number of ether oxygens (including phenoxy) is 1. The van der Waals surface area contributed by atoms with Crippen LogP contribution >= 0.6 is 23.2 Å². The van der Waals surface area contributed by atoms with Crippen LogP contribution in [0.4, 0.5) is 0 Å². The topological polar surface area (TPSA) is 82.2 Å². The molecule has 21 heavy (non-hydrogen) atoms. The van der Waals surface area contributed by atoms with Gasteiger partial charge in [-0.05, 0) is 37.1 Å². The van der Waals surface area contributed by atoms with Crippen LogP contribution in [0.5, 0.6) is 5.75 Å². The van der Waals surface area contributed by atoms with Gasteiger partial charge in [0, 0.05) is 11.2 Å². The Morgan fingerprint density at radius 3 is 2.57 bits per heavy atom. The Labute approximate surface area is 131 Å². The highest BCUT2D eigenvalue weighted by Gasteiger charge is 2.14. The highest BCUT2D eigenvalue weighted by atomic mass is 35.5. The Morgan fingerprint density at radius 1 is 1.38 bits per heavy atom. The number of carbonyl (C=O) groups excluding carboxylic acids is 1. The molecule has 0 bridgehead atoms. The summed E-state index contributed by atoms with van der Waals surface area (Å²) in [5.74, 6) is 5.14. The predicted octanol–water partition coefficient (Wildman–Crippen LogP) is 2.45. The number of nitrogens with one attached hydrogen (secondary N) is 1. The highest BCUT2D eigenvalue weighted by molar-refractivity contribution is 6.33. The molecule has 0 spiro atoms. The molecular weight excluding hydrogens is 315 g/mol. The first-order chi connectivity index (χ1) is 9.92. The molecule has 1 amide bonds. The molecule has 0 atom stereocenters. The van der Waals surface area contributed by atoms with E-state index in [4.69, 9.17) is 33.8 Å². The van der Waals surface area contributed by atoms with Crippen molar-refractivity contribution >= 4 is 29.1 Å².